The average molecular weight is 250 g/mol. The van der Waals surface area contributed by atoms with Gasteiger partial charge in [0.25, 0.3) is 0 Å². The van der Waals surface area contributed by atoms with Gasteiger partial charge < -0.3 is 0 Å². The van der Waals surface area contributed by atoms with Gasteiger partial charge in [0.05, 0.1) is 5.75 Å². The summed E-state index contributed by atoms with van der Waals surface area (Å²) < 4.78 is 25.1. The largest absolute Gasteiger partial charge is 0.251 e. The van der Waals surface area contributed by atoms with Gasteiger partial charge in [0, 0.05) is 6.20 Å². The van der Waals surface area contributed by atoms with Gasteiger partial charge in [0.1, 0.15) is 5.15 Å². The van der Waals surface area contributed by atoms with Gasteiger partial charge >= 0.3 is 0 Å². The number of nitrogens with one attached hydrogen (secondary N) is 1. The second kappa shape index (κ2) is 5.27. The first-order valence-corrected chi connectivity index (χ1v) is 6.55. The second-order valence-corrected chi connectivity index (χ2v) is 5.21. The topological polar surface area (TPSA) is 72.0 Å². The van der Waals surface area contributed by atoms with E-state index < -0.39 is 10.0 Å². The third-order valence-electron chi connectivity index (χ3n) is 1.64. The molecule has 1 aromatic rings. The van der Waals surface area contributed by atoms with Crippen LogP contribution in [0, 0.1) is 0 Å². The van der Waals surface area contributed by atoms with Gasteiger partial charge in [0.2, 0.25) is 16.0 Å². The van der Waals surface area contributed by atoms with E-state index in [1.54, 1.807) is 0 Å². The Morgan fingerprint density at radius 1 is 1.53 bits per heavy atom. The first-order valence-electron chi connectivity index (χ1n) is 4.52. The van der Waals surface area contributed by atoms with E-state index in [0.29, 0.717) is 6.42 Å². The number of anilines is 1. The summed E-state index contributed by atoms with van der Waals surface area (Å²) >= 11 is 5.59. The summed E-state index contributed by atoms with van der Waals surface area (Å²) in [6.07, 6.45) is 2.82. The molecule has 1 N–H and O–H groups in total. The Bertz CT molecular complexity index is 422. The van der Waals surface area contributed by atoms with Crippen molar-refractivity contribution < 1.29 is 8.42 Å². The maximum Gasteiger partial charge on any atom is 0.237 e. The zero-order valence-corrected chi connectivity index (χ0v) is 9.85. The molecule has 1 rings (SSSR count). The van der Waals surface area contributed by atoms with Crippen LogP contribution in [0.15, 0.2) is 12.3 Å². The van der Waals surface area contributed by atoms with E-state index in [4.69, 9.17) is 11.6 Å². The molecule has 0 aliphatic rings. The van der Waals surface area contributed by atoms with E-state index >= 15 is 0 Å². The Morgan fingerprint density at radius 3 is 2.87 bits per heavy atom. The Labute approximate surface area is 93.9 Å². The van der Waals surface area contributed by atoms with Crippen LogP contribution in [-0.4, -0.2) is 24.1 Å². The van der Waals surface area contributed by atoms with Crippen molar-refractivity contribution >= 4 is 27.6 Å². The summed E-state index contributed by atoms with van der Waals surface area (Å²) in [6.45, 7) is 1.92. The fourth-order valence-corrected chi connectivity index (χ4v) is 2.19. The molecule has 0 spiro atoms. The molecule has 1 heterocycles. The predicted octanol–water partition coefficient (Wildman–Crippen LogP) is 1.67. The first kappa shape index (κ1) is 12.2. The van der Waals surface area contributed by atoms with Crippen LogP contribution in [0.4, 0.5) is 5.95 Å². The average Bonchev–Trinajstić information content (AvgIpc) is 2.14. The van der Waals surface area contributed by atoms with E-state index in [1.165, 1.54) is 12.3 Å². The van der Waals surface area contributed by atoms with Crippen LogP contribution in [0.1, 0.15) is 19.8 Å². The molecule has 0 saturated heterocycles. The van der Waals surface area contributed by atoms with Crippen LogP contribution in [-0.2, 0) is 10.0 Å². The van der Waals surface area contributed by atoms with Crippen LogP contribution < -0.4 is 4.72 Å². The zero-order valence-electron chi connectivity index (χ0n) is 8.27. The predicted molar refractivity (Wildman–Crippen MR) is 59.4 cm³/mol. The monoisotopic (exact) mass is 249 g/mol. The number of sulfonamides is 1. The molecule has 0 unspecified atom stereocenters. The van der Waals surface area contributed by atoms with Crippen LogP contribution in [0.25, 0.3) is 0 Å². The van der Waals surface area contributed by atoms with Crippen molar-refractivity contribution in [3.8, 4) is 0 Å². The Kier molecular flexibility index (Phi) is 4.28. The standard InChI is InChI=1S/C8H12ClN3O2S/c1-2-3-6-15(13,14)12-8-10-5-4-7(9)11-8/h4-5H,2-3,6H2,1H3,(H,10,11,12). The smallest absolute Gasteiger partial charge is 0.237 e. The van der Waals surface area contributed by atoms with Crippen molar-refractivity contribution in [2.24, 2.45) is 0 Å². The number of nitrogens with zero attached hydrogens (tertiary/aromatic N) is 2. The Morgan fingerprint density at radius 2 is 2.27 bits per heavy atom. The van der Waals surface area contributed by atoms with Crippen molar-refractivity contribution in [3.05, 3.63) is 17.4 Å². The summed E-state index contributed by atoms with van der Waals surface area (Å²) in [5.74, 6) is 0.0814. The highest BCUT2D eigenvalue weighted by atomic mass is 35.5. The number of hydrogen-bond acceptors (Lipinski definition) is 4. The molecule has 7 heteroatoms. The van der Waals surface area contributed by atoms with Crippen molar-refractivity contribution in [2.75, 3.05) is 10.5 Å². The number of aromatic nitrogens is 2. The summed E-state index contributed by atoms with van der Waals surface area (Å²) in [6, 6.07) is 1.48. The summed E-state index contributed by atoms with van der Waals surface area (Å²) in [5, 5.41) is 0.207. The van der Waals surface area contributed by atoms with Gasteiger partial charge in [-0.3, -0.25) is 4.72 Å². The van der Waals surface area contributed by atoms with E-state index in [-0.39, 0.29) is 16.9 Å². The lowest BCUT2D eigenvalue weighted by Crippen LogP contribution is -2.18. The van der Waals surface area contributed by atoms with Crippen LogP contribution >= 0.6 is 11.6 Å². The SMILES string of the molecule is CCCCS(=O)(=O)Nc1nccc(Cl)n1. The summed E-state index contributed by atoms with van der Waals surface area (Å²) in [5.41, 5.74) is 0. The molecule has 0 aromatic carbocycles. The molecule has 0 bridgehead atoms. The zero-order chi connectivity index (χ0) is 11.3. The van der Waals surface area contributed by atoms with E-state index in [9.17, 15) is 8.42 Å². The molecule has 0 saturated carbocycles. The Hall–Kier alpha value is -0.880. The molecule has 0 fully saturated rings. The number of rotatable bonds is 5. The molecular formula is C8H12ClN3O2S. The molecule has 15 heavy (non-hydrogen) atoms. The van der Waals surface area contributed by atoms with Gasteiger partial charge in [-0.2, -0.15) is 0 Å². The number of unbranched alkanes of at least 4 members (excludes halogenated alkanes) is 1. The second-order valence-electron chi connectivity index (χ2n) is 2.98. The van der Waals surface area contributed by atoms with Crippen LogP contribution in [0.3, 0.4) is 0 Å². The molecule has 5 nitrogen and oxygen atoms in total. The highest BCUT2D eigenvalue weighted by molar-refractivity contribution is 7.92. The minimum absolute atomic E-state index is 0.0126. The number of halogens is 1. The van der Waals surface area contributed by atoms with Crippen LogP contribution in [0.5, 0.6) is 0 Å². The molecule has 0 amide bonds. The van der Waals surface area contributed by atoms with Gasteiger partial charge in [-0.25, -0.2) is 18.4 Å². The van der Waals surface area contributed by atoms with Gasteiger partial charge in [-0.05, 0) is 12.5 Å². The van der Waals surface area contributed by atoms with E-state index in [0.717, 1.165) is 6.42 Å². The van der Waals surface area contributed by atoms with Gasteiger partial charge in [-0.15, -0.1) is 0 Å². The molecule has 0 aliphatic heterocycles. The fourth-order valence-electron chi connectivity index (χ4n) is 0.910. The van der Waals surface area contributed by atoms with Crippen molar-refractivity contribution in [2.45, 2.75) is 19.8 Å². The number of hydrogen-bond donors (Lipinski definition) is 1. The maximum atomic E-state index is 11.4. The Balaban J connectivity index is 2.69. The molecular weight excluding hydrogens is 238 g/mol. The third-order valence-corrected chi connectivity index (χ3v) is 3.17. The van der Waals surface area contributed by atoms with Crippen molar-refractivity contribution in [1.82, 2.24) is 9.97 Å². The van der Waals surface area contributed by atoms with Crippen molar-refractivity contribution in [1.29, 1.82) is 0 Å². The fraction of sp³-hybridized carbons (Fsp3) is 0.500. The molecule has 0 atom stereocenters. The van der Waals surface area contributed by atoms with Gasteiger partial charge in [-0.1, -0.05) is 24.9 Å². The quantitative estimate of drug-likeness (QED) is 0.806. The van der Waals surface area contributed by atoms with Gasteiger partial charge in [0.15, 0.2) is 0 Å². The molecule has 84 valence electrons. The first-order chi connectivity index (χ1) is 7.03. The van der Waals surface area contributed by atoms with E-state index in [1.807, 2.05) is 6.92 Å². The van der Waals surface area contributed by atoms with Crippen LogP contribution in [0.2, 0.25) is 5.15 Å². The maximum absolute atomic E-state index is 11.4. The highest BCUT2D eigenvalue weighted by Gasteiger charge is 2.11. The normalized spacial score (nSPS) is 11.3. The lowest BCUT2D eigenvalue weighted by atomic mass is 10.4. The summed E-state index contributed by atoms with van der Waals surface area (Å²) in [4.78, 5) is 7.48. The highest BCUT2D eigenvalue weighted by Crippen LogP contribution is 2.08. The molecule has 0 aliphatic carbocycles. The lowest BCUT2D eigenvalue weighted by molar-refractivity contribution is 0.597. The minimum atomic E-state index is -3.35. The third kappa shape index (κ3) is 4.44. The minimum Gasteiger partial charge on any atom is -0.251 e. The molecule has 0 radical (unpaired) electrons. The van der Waals surface area contributed by atoms with Crippen molar-refractivity contribution in [3.63, 3.8) is 0 Å². The van der Waals surface area contributed by atoms with E-state index in [2.05, 4.69) is 14.7 Å². The lowest BCUT2D eigenvalue weighted by Gasteiger charge is -2.05. The molecule has 1 aromatic heterocycles. The summed E-state index contributed by atoms with van der Waals surface area (Å²) in [7, 11) is -3.35.